The molecule has 1 aromatic carbocycles. The first-order valence-electron chi connectivity index (χ1n) is 5.26. The number of hydrogen-bond donors (Lipinski definition) is 4. The van der Waals surface area contributed by atoms with Crippen LogP contribution in [0, 0.1) is 0 Å². The van der Waals surface area contributed by atoms with Gasteiger partial charge in [-0.25, -0.2) is 0 Å². The van der Waals surface area contributed by atoms with Crippen molar-refractivity contribution in [1.82, 2.24) is 0 Å². The molecule has 0 bridgehead atoms. The molecule has 1 aromatic rings. The molecule has 0 saturated carbocycles. The van der Waals surface area contributed by atoms with Crippen molar-refractivity contribution in [3.63, 3.8) is 0 Å². The molecule has 0 aromatic heterocycles. The zero-order valence-electron chi connectivity index (χ0n) is 9.06. The topological polar surface area (TPSA) is 86.7 Å². The third-order valence-electron chi connectivity index (χ3n) is 2.59. The maximum Gasteiger partial charge on any atom is 0.108 e. The van der Waals surface area contributed by atoms with Gasteiger partial charge in [0.05, 0.1) is 10.7 Å². The molecule has 4 nitrogen and oxygen atoms in total. The summed E-state index contributed by atoms with van der Waals surface area (Å²) in [4.78, 5) is 0.985. The summed E-state index contributed by atoms with van der Waals surface area (Å²) in [6.45, 7) is 0. The van der Waals surface area contributed by atoms with E-state index in [1.165, 1.54) is 23.5 Å². The van der Waals surface area contributed by atoms with Gasteiger partial charge in [-0.1, -0.05) is 0 Å². The largest absolute Gasteiger partial charge is 0.399 e. The monoisotopic (exact) mass is 273 g/mol. The van der Waals surface area contributed by atoms with Gasteiger partial charge in [0.15, 0.2) is 0 Å². The standard InChI is InChI=1S/C11H15NO3S2/c12-6-1-3-7(4-2-6)17-11-10(15)9(14)8(13)5-16-11/h1-4,8-11,13-15H,5,12H2/t8-,9+,10-,11+/m1/s1. The predicted molar refractivity (Wildman–Crippen MR) is 71.0 cm³/mol. The van der Waals surface area contributed by atoms with Gasteiger partial charge in [-0.2, -0.15) is 0 Å². The summed E-state index contributed by atoms with van der Waals surface area (Å²) < 4.78 is -0.169. The van der Waals surface area contributed by atoms with Crippen LogP contribution in [0.15, 0.2) is 29.2 Å². The van der Waals surface area contributed by atoms with Crippen LogP contribution in [0.1, 0.15) is 0 Å². The Morgan fingerprint density at radius 2 is 1.76 bits per heavy atom. The third-order valence-corrected chi connectivity index (χ3v) is 5.48. The second kappa shape index (κ2) is 5.49. The average molecular weight is 273 g/mol. The van der Waals surface area contributed by atoms with E-state index in [-0.39, 0.29) is 4.58 Å². The van der Waals surface area contributed by atoms with Crippen LogP contribution in [0.4, 0.5) is 5.69 Å². The average Bonchev–Trinajstić information content (AvgIpc) is 2.33. The van der Waals surface area contributed by atoms with Gasteiger partial charge in [0.25, 0.3) is 0 Å². The van der Waals surface area contributed by atoms with Gasteiger partial charge in [0.2, 0.25) is 0 Å². The first kappa shape index (κ1) is 13.0. The maximum absolute atomic E-state index is 9.85. The Hall–Kier alpha value is -0.400. The van der Waals surface area contributed by atoms with Gasteiger partial charge in [0.1, 0.15) is 12.2 Å². The van der Waals surface area contributed by atoms with E-state index in [9.17, 15) is 15.3 Å². The first-order chi connectivity index (χ1) is 8.08. The molecule has 1 aliphatic heterocycles. The second-order valence-corrected chi connectivity index (χ2v) is 6.63. The quantitative estimate of drug-likeness (QED) is 0.588. The minimum Gasteiger partial charge on any atom is -0.399 e. The van der Waals surface area contributed by atoms with E-state index in [0.29, 0.717) is 11.4 Å². The van der Waals surface area contributed by atoms with Gasteiger partial charge in [0, 0.05) is 16.3 Å². The highest BCUT2D eigenvalue weighted by Crippen LogP contribution is 2.38. The van der Waals surface area contributed by atoms with Crippen molar-refractivity contribution in [2.45, 2.75) is 27.8 Å². The van der Waals surface area contributed by atoms with Crippen molar-refractivity contribution in [2.75, 3.05) is 11.5 Å². The molecule has 1 saturated heterocycles. The predicted octanol–water partition coefficient (Wildman–Crippen LogP) is 0.516. The summed E-state index contributed by atoms with van der Waals surface area (Å²) in [5, 5.41) is 28.9. The molecule has 0 amide bonds. The minimum absolute atomic E-state index is 0.169. The lowest BCUT2D eigenvalue weighted by molar-refractivity contribution is -0.0474. The Bertz CT molecular complexity index is 373. The Morgan fingerprint density at radius 3 is 2.41 bits per heavy atom. The van der Waals surface area contributed by atoms with Gasteiger partial charge in [-0.3, -0.25) is 0 Å². The summed E-state index contributed by atoms with van der Waals surface area (Å²) >= 11 is 2.93. The molecule has 1 aliphatic rings. The molecule has 1 fully saturated rings. The fourth-order valence-electron chi connectivity index (χ4n) is 1.56. The number of aliphatic hydroxyl groups excluding tert-OH is 3. The smallest absolute Gasteiger partial charge is 0.108 e. The Balaban J connectivity index is 2.01. The molecular formula is C11H15NO3S2. The third kappa shape index (κ3) is 3.08. The lowest BCUT2D eigenvalue weighted by atomic mass is 10.1. The molecule has 0 radical (unpaired) electrons. The number of thioether (sulfide) groups is 2. The fourth-order valence-corrected chi connectivity index (χ4v) is 4.21. The SMILES string of the molecule is Nc1ccc(S[C@@H]2SC[C@@H](O)[C@H](O)[C@H]2O)cc1. The maximum atomic E-state index is 9.85. The molecule has 1 heterocycles. The molecule has 6 heteroatoms. The van der Waals surface area contributed by atoms with Crippen molar-refractivity contribution in [3.8, 4) is 0 Å². The van der Waals surface area contributed by atoms with Crippen LogP contribution in [0.2, 0.25) is 0 Å². The Kier molecular flexibility index (Phi) is 4.22. The van der Waals surface area contributed by atoms with Crippen LogP contribution in [0.5, 0.6) is 0 Å². The van der Waals surface area contributed by atoms with Crippen molar-refractivity contribution >= 4 is 29.2 Å². The lowest BCUT2D eigenvalue weighted by Gasteiger charge is -2.34. The molecule has 0 aliphatic carbocycles. The molecule has 0 spiro atoms. The summed E-state index contributed by atoms with van der Waals surface area (Å²) in [7, 11) is 0. The van der Waals surface area contributed by atoms with E-state index in [2.05, 4.69) is 0 Å². The molecule has 2 rings (SSSR count). The molecule has 5 N–H and O–H groups in total. The number of aliphatic hydroxyl groups is 3. The van der Waals surface area contributed by atoms with E-state index in [4.69, 9.17) is 5.73 Å². The van der Waals surface area contributed by atoms with Crippen molar-refractivity contribution in [1.29, 1.82) is 0 Å². The number of anilines is 1. The fraction of sp³-hybridized carbons (Fsp3) is 0.455. The van der Waals surface area contributed by atoms with Gasteiger partial charge in [-0.05, 0) is 24.3 Å². The Labute approximate surface area is 108 Å². The number of nitrogens with two attached hydrogens (primary N) is 1. The highest BCUT2D eigenvalue weighted by Gasteiger charge is 2.37. The zero-order valence-corrected chi connectivity index (χ0v) is 10.7. The van der Waals surface area contributed by atoms with Crippen LogP contribution in [-0.2, 0) is 0 Å². The van der Waals surface area contributed by atoms with E-state index in [1.807, 2.05) is 12.1 Å². The van der Waals surface area contributed by atoms with Crippen molar-refractivity contribution < 1.29 is 15.3 Å². The van der Waals surface area contributed by atoms with E-state index in [1.54, 1.807) is 12.1 Å². The number of benzene rings is 1. The normalized spacial score (nSPS) is 33.6. The summed E-state index contributed by atoms with van der Waals surface area (Å²) in [5.74, 6) is 0.435. The van der Waals surface area contributed by atoms with Gasteiger partial charge < -0.3 is 21.1 Å². The van der Waals surface area contributed by atoms with Crippen LogP contribution >= 0.6 is 23.5 Å². The molecule has 17 heavy (non-hydrogen) atoms. The molecule has 94 valence electrons. The van der Waals surface area contributed by atoms with E-state index in [0.717, 1.165) is 4.90 Å². The summed E-state index contributed by atoms with van der Waals surface area (Å²) in [5.41, 5.74) is 6.29. The highest BCUT2D eigenvalue weighted by atomic mass is 32.2. The second-order valence-electron chi connectivity index (χ2n) is 3.94. The minimum atomic E-state index is -1.07. The molecule has 0 unspecified atom stereocenters. The van der Waals surface area contributed by atoms with Crippen LogP contribution in [0.25, 0.3) is 0 Å². The Morgan fingerprint density at radius 1 is 1.12 bits per heavy atom. The van der Waals surface area contributed by atoms with E-state index < -0.39 is 18.3 Å². The molecular weight excluding hydrogens is 258 g/mol. The van der Waals surface area contributed by atoms with Crippen LogP contribution in [-0.4, -0.2) is 44.0 Å². The van der Waals surface area contributed by atoms with Crippen LogP contribution < -0.4 is 5.73 Å². The van der Waals surface area contributed by atoms with E-state index >= 15 is 0 Å². The number of hydrogen-bond acceptors (Lipinski definition) is 6. The zero-order chi connectivity index (χ0) is 12.4. The van der Waals surface area contributed by atoms with Crippen molar-refractivity contribution in [3.05, 3.63) is 24.3 Å². The van der Waals surface area contributed by atoms with Gasteiger partial charge in [-0.15, -0.1) is 23.5 Å². The summed E-state index contributed by atoms with van der Waals surface area (Å²) in [6, 6.07) is 7.36. The summed E-state index contributed by atoms with van der Waals surface area (Å²) in [6.07, 6.45) is -2.84. The number of nitrogen functional groups attached to an aromatic ring is 1. The highest BCUT2D eigenvalue weighted by molar-refractivity contribution is 8.17. The lowest BCUT2D eigenvalue weighted by Crippen LogP contribution is -2.47. The van der Waals surface area contributed by atoms with Crippen LogP contribution in [0.3, 0.4) is 0 Å². The van der Waals surface area contributed by atoms with Gasteiger partial charge >= 0.3 is 0 Å². The molecule has 4 atom stereocenters. The number of rotatable bonds is 2. The van der Waals surface area contributed by atoms with Crippen molar-refractivity contribution in [2.24, 2.45) is 0 Å². The first-order valence-corrected chi connectivity index (χ1v) is 7.19.